The molecule has 1 atom stereocenters. The fraction of sp³-hybridized carbons (Fsp3) is 0.350. The molecule has 2 N–H and O–H groups in total. The molecule has 0 saturated carbocycles. The second-order valence-electron chi connectivity index (χ2n) is 6.63. The van der Waals surface area contributed by atoms with Crippen LogP contribution in [0, 0.1) is 0 Å². The highest BCUT2D eigenvalue weighted by atomic mass is 35.5. The predicted octanol–water partition coefficient (Wildman–Crippen LogP) is 2.49. The molecule has 29 heavy (non-hydrogen) atoms. The van der Waals surface area contributed by atoms with Crippen LogP contribution in [-0.4, -0.2) is 40.2 Å². The lowest BCUT2D eigenvalue weighted by Gasteiger charge is -2.13. The van der Waals surface area contributed by atoms with E-state index in [0.717, 1.165) is 25.0 Å². The van der Waals surface area contributed by atoms with E-state index in [0.29, 0.717) is 6.54 Å². The number of nitrogens with one attached hydrogen (secondary N) is 2. The Bertz CT molecular complexity index is 931. The van der Waals surface area contributed by atoms with Gasteiger partial charge in [-0.15, -0.1) is 0 Å². The molecule has 2 aromatic rings. The van der Waals surface area contributed by atoms with Gasteiger partial charge in [0.2, 0.25) is 10.0 Å². The summed E-state index contributed by atoms with van der Waals surface area (Å²) in [4.78, 5) is 11.9. The number of carbonyl (C=O) groups excluding carboxylic acids is 1. The Kier molecular flexibility index (Phi) is 7.49. The molecule has 1 aliphatic rings. The molecule has 1 saturated heterocycles. The summed E-state index contributed by atoms with van der Waals surface area (Å²) in [6, 6.07) is 13.3. The molecule has 1 heterocycles. The van der Waals surface area contributed by atoms with Crippen LogP contribution < -0.4 is 14.8 Å². The molecule has 0 aromatic heterocycles. The Balaban J connectivity index is 1.52. The van der Waals surface area contributed by atoms with Crippen molar-refractivity contribution in [3.8, 4) is 5.75 Å². The van der Waals surface area contributed by atoms with E-state index < -0.39 is 10.0 Å². The second kappa shape index (κ2) is 10.1. The van der Waals surface area contributed by atoms with Crippen LogP contribution in [0.15, 0.2) is 53.4 Å². The maximum Gasteiger partial charge on any atom is 0.258 e. The minimum atomic E-state index is -3.73. The fourth-order valence-corrected chi connectivity index (χ4v) is 4.19. The SMILES string of the molecule is O=C(COc1ccc(S(=O)(=O)NCc2ccccc2)cc1Cl)NC[C@H]1CCCO1. The van der Waals surface area contributed by atoms with Crippen molar-refractivity contribution in [2.75, 3.05) is 19.8 Å². The Morgan fingerprint density at radius 3 is 2.69 bits per heavy atom. The lowest BCUT2D eigenvalue weighted by atomic mass is 10.2. The first-order chi connectivity index (χ1) is 13.9. The fourth-order valence-electron chi connectivity index (χ4n) is 2.85. The number of halogens is 1. The molecule has 0 spiro atoms. The maximum absolute atomic E-state index is 12.5. The molecule has 1 fully saturated rings. The monoisotopic (exact) mass is 438 g/mol. The normalized spacial score (nSPS) is 16.5. The van der Waals surface area contributed by atoms with E-state index in [-0.39, 0.29) is 40.8 Å². The van der Waals surface area contributed by atoms with Crippen LogP contribution >= 0.6 is 11.6 Å². The smallest absolute Gasteiger partial charge is 0.258 e. The van der Waals surface area contributed by atoms with E-state index in [1.807, 2.05) is 30.3 Å². The average Bonchev–Trinajstić information content (AvgIpc) is 3.24. The highest BCUT2D eigenvalue weighted by molar-refractivity contribution is 7.89. The minimum Gasteiger partial charge on any atom is -0.482 e. The van der Waals surface area contributed by atoms with E-state index in [1.54, 1.807) is 0 Å². The topological polar surface area (TPSA) is 93.7 Å². The van der Waals surface area contributed by atoms with E-state index >= 15 is 0 Å². The van der Waals surface area contributed by atoms with Crippen LogP contribution in [0.4, 0.5) is 0 Å². The number of carbonyl (C=O) groups is 1. The van der Waals surface area contributed by atoms with Gasteiger partial charge < -0.3 is 14.8 Å². The van der Waals surface area contributed by atoms with Crippen molar-refractivity contribution >= 4 is 27.5 Å². The molecule has 1 amide bonds. The zero-order valence-electron chi connectivity index (χ0n) is 15.8. The molecule has 9 heteroatoms. The van der Waals surface area contributed by atoms with Crippen molar-refractivity contribution in [3.63, 3.8) is 0 Å². The Hall–Kier alpha value is -2.13. The summed E-state index contributed by atoms with van der Waals surface area (Å²) in [5, 5.41) is 2.85. The molecule has 0 unspecified atom stereocenters. The summed E-state index contributed by atoms with van der Waals surface area (Å²) in [6.45, 7) is 1.12. The number of sulfonamides is 1. The molecular formula is C20H23ClN2O5S. The molecule has 0 aliphatic carbocycles. The van der Waals surface area contributed by atoms with Crippen LogP contribution in [0.1, 0.15) is 18.4 Å². The third kappa shape index (κ3) is 6.43. The third-order valence-corrected chi connectivity index (χ3v) is 6.13. The first-order valence-electron chi connectivity index (χ1n) is 9.28. The third-order valence-electron chi connectivity index (χ3n) is 4.43. The highest BCUT2D eigenvalue weighted by Gasteiger charge is 2.18. The summed E-state index contributed by atoms with van der Waals surface area (Å²) in [6.07, 6.45) is 1.99. The molecule has 156 valence electrons. The van der Waals surface area contributed by atoms with Gasteiger partial charge in [0, 0.05) is 19.7 Å². The molecule has 0 bridgehead atoms. The standard InChI is InChI=1S/C20H23ClN2O5S/c21-18-11-17(29(25,26)23-12-15-5-2-1-3-6-15)8-9-19(18)28-14-20(24)22-13-16-7-4-10-27-16/h1-3,5-6,8-9,11,16,23H,4,7,10,12-14H2,(H,22,24)/t16-/m1/s1. The Labute approximate surface area is 175 Å². The van der Waals surface area contributed by atoms with Crippen molar-refractivity contribution < 1.29 is 22.7 Å². The van der Waals surface area contributed by atoms with Gasteiger partial charge >= 0.3 is 0 Å². The molecule has 7 nitrogen and oxygen atoms in total. The van der Waals surface area contributed by atoms with Crippen LogP contribution in [0.5, 0.6) is 5.75 Å². The van der Waals surface area contributed by atoms with Crippen molar-refractivity contribution in [1.29, 1.82) is 0 Å². The Morgan fingerprint density at radius 2 is 2.00 bits per heavy atom. The number of rotatable bonds is 9. The largest absolute Gasteiger partial charge is 0.482 e. The van der Waals surface area contributed by atoms with Crippen LogP contribution in [-0.2, 0) is 26.1 Å². The first-order valence-corrected chi connectivity index (χ1v) is 11.1. The van der Waals surface area contributed by atoms with Crippen LogP contribution in [0.25, 0.3) is 0 Å². The quantitative estimate of drug-likeness (QED) is 0.627. The van der Waals surface area contributed by atoms with Gasteiger partial charge in [0.25, 0.3) is 5.91 Å². The van der Waals surface area contributed by atoms with Crippen LogP contribution in [0.3, 0.4) is 0 Å². The zero-order valence-corrected chi connectivity index (χ0v) is 17.3. The summed E-state index contributed by atoms with van der Waals surface area (Å²) in [7, 11) is -3.73. The molecular weight excluding hydrogens is 416 g/mol. The summed E-state index contributed by atoms with van der Waals surface area (Å²) < 4.78 is 38.3. The van der Waals surface area contributed by atoms with Crippen molar-refractivity contribution in [2.24, 2.45) is 0 Å². The maximum atomic E-state index is 12.5. The predicted molar refractivity (Wildman–Crippen MR) is 109 cm³/mol. The molecule has 0 radical (unpaired) electrons. The average molecular weight is 439 g/mol. The van der Waals surface area contributed by atoms with Gasteiger partial charge in [-0.3, -0.25) is 4.79 Å². The van der Waals surface area contributed by atoms with E-state index in [9.17, 15) is 13.2 Å². The Morgan fingerprint density at radius 1 is 1.21 bits per heavy atom. The van der Waals surface area contributed by atoms with Gasteiger partial charge in [-0.1, -0.05) is 41.9 Å². The summed E-state index contributed by atoms with van der Waals surface area (Å²) in [5.41, 5.74) is 0.844. The first kappa shape index (κ1) is 21.6. The lowest BCUT2D eigenvalue weighted by Crippen LogP contribution is -2.35. The van der Waals surface area contributed by atoms with Crippen LogP contribution in [0.2, 0.25) is 5.02 Å². The van der Waals surface area contributed by atoms with Gasteiger partial charge in [0.15, 0.2) is 6.61 Å². The number of amides is 1. The molecule has 3 rings (SSSR count). The molecule has 1 aliphatic heterocycles. The van der Waals surface area contributed by atoms with Crippen molar-refractivity contribution in [3.05, 3.63) is 59.1 Å². The van der Waals surface area contributed by atoms with Crippen molar-refractivity contribution in [2.45, 2.75) is 30.4 Å². The van der Waals surface area contributed by atoms with Gasteiger partial charge in [-0.2, -0.15) is 0 Å². The zero-order chi connectivity index (χ0) is 20.7. The van der Waals surface area contributed by atoms with E-state index in [2.05, 4.69) is 10.0 Å². The summed E-state index contributed by atoms with van der Waals surface area (Å²) >= 11 is 6.15. The van der Waals surface area contributed by atoms with Gasteiger partial charge in [0.05, 0.1) is 16.0 Å². The van der Waals surface area contributed by atoms with Gasteiger partial charge in [-0.05, 0) is 36.6 Å². The number of hydrogen-bond donors (Lipinski definition) is 2. The number of benzene rings is 2. The van der Waals surface area contributed by atoms with Gasteiger partial charge in [-0.25, -0.2) is 13.1 Å². The summed E-state index contributed by atoms with van der Waals surface area (Å²) in [5.74, 6) is -0.0567. The molecule has 2 aromatic carbocycles. The highest BCUT2D eigenvalue weighted by Crippen LogP contribution is 2.27. The minimum absolute atomic E-state index is 0.0219. The van der Waals surface area contributed by atoms with Crippen molar-refractivity contribution in [1.82, 2.24) is 10.0 Å². The second-order valence-corrected chi connectivity index (χ2v) is 8.80. The number of hydrogen-bond acceptors (Lipinski definition) is 5. The van der Waals surface area contributed by atoms with E-state index in [1.165, 1.54) is 18.2 Å². The van der Waals surface area contributed by atoms with E-state index in [4.69, 9.17) is 21.1 Å². The van der Waals surface area contributed by atoms with Gasteiger partial charge in [0.1, 0.15) is 5.75 Å². The lowest BCUT2D eigenvalue weighted by molar-refractivity contribution is -0.123. The number of ether oxygens (including phenoxy) is 2.